The summed E-state index contributed by atoms with van der Waals surface area (Å²) < 4.78 is 0. The first-order valence-electron chi connectivity index (χ1n) is 8.59. The van der Waals surface area contributed by atoms with E-state index in [1.54, 1.807) is 31.3 Å². The van der Waals surface area contributed by atoms with Crippen LogP contribution in [0.1, 0.15) is 26.7 Å². The standard InChI is InChI=1S/C18H26N4O3/c1-12(2)17(24)22-10-8-13(9-11-22)16(23)20-14-4-6-15(7-5-14)21-18(25)19-3/h4-7,12-13H,8-11H2,1-3H3,(H,20,23)(H2,19,21,25). The fourth-order valence-corrected chi connectivity index (χ4v) is 2.80. The van der Waals surface area contributed by atoms with Gasteiger partial charge in [0.25, 0.3) is 0 Å². The van der Waals surface area contributed by atoms with E-state index in [0.29, 0.717) is 37.3 Å². The van der Waals surface area contributed by atoms with Crippen molar-refractivity contribution in [2.45, 2.75) is 26.7 Å². The Morgan fingerprint density at radius 1 is 1.00 bits per heavy atom. The number of nitrogens with one attached hydrogen (secondary N) is 3. The number of nitrogens with zero attached hydrogens (tertiary/aromatic N) is 1. The lowest BCUT2D eigenvalue weighted by molar-refractivity contribution is -0.137. The molecule has 1 saturated heterocycles. The van der Waals surface area contributed by atoms with Crippen molar-refractivity contribution in [2.75, 3.05) is 30.8 Å². The summed E-state index contributed by atoms with van der Waals surface area (Å²) in [5.41, 5.74) is 1.34. The van der Waals surface area contributed by atoms with E-state index in [1.165, 1.54) is 0 Å². The predicted molar refractivity (Wildman–Crippen MR) is 97.3 cm³/mol. The largest absolute Gasteiger partial charge is 0.342 e. The number of carbonyl (C=O) groups is 3. The minimum atomic E-state index is -0.292. The Kier molecular flexibility index (Phi) is 6.38. The third kappa shape index (κ3) is 5.20. The van der Waals surface area contributed by atoms with E-state index in [4.69, 9.17) is 0 Å². The highest BCUT2D eigenvalue weighted by atomic mass is 16.2. The van der Waals surface area contributed by atoms with Gasteiger partial charge in [0.05, 0.1) is 0 Å². The zero-order chi connectivity index (χ0) is 18.4. The number of benzene rings is 1. The molecule has 7 nitrogen and oxygen atoms in total. The van der Waals surface area contributed by atoms with Crippen LogP contribution in [0, 0.1) is 11.8 Å². The first kappa shape index (κ1) is 18.8. The Morgan fingerprint density at radius 3 is 2.00 bits per heavy atom. The molecule has 0 aromatic heterocycles. The number of hydrogen-bond donors (Lipinski definition) is 3. The molecule has 3 N–H and O–H groups in total. The molecule has 1 heterocycles. The Labute approximate surface area is 148 Å². The SMILES string of the molecule is CNC(=O)Nc1ccc(NC(=O)C2CCN(C(=O)C(C)C)CC2)cc1. The third-order valence-electron chi connectivity index (χ3n) is 4.31. The number of amides is 4. The Morgan fingerprint density at radius 2 is 1.52 bits per heavy atom. The highest BCUT2D eigenvalue weighted by Gasteiger charge is 2.28. The van der Waals surface area contributed by atoms with Gasteiger partial charge in [-0.15, -0.1) is 0 Å². The van der Waals surface area contributed by atoms with Crippen molar-refractivity contribution < 1.29 is 14.4 Å². The zero-order valence-electron chi connectivity index (χ0n) is 15.0. The molecule has 1 aromatic rings. The summed E-state index contributed by atoms with van der Waals surface area (Å²) in [6, 6.07) is 6.67. The van der Waals surface area contributed by atoms with E-state index in [9.17, 15) is 14.4 Å². The summed E-state index contributed by atoms with van der Waals surface area (Å²) in [5, 5.41) is 8.04. The first-order valence-corrected chi connectivity index (χ1v) is 8.59. The average Bonchev–Trinajstić information content (AvgIpc) is 2.62. The minimum absolute atomic E-state index is 0.00714. The van der Waals surface area contributed by atoms with Crippen LogP contribution in [0.4, 0.5) is 16.2 Å². The van der Waals surface area contributed by atoms with Gasteiger partial charge in [0, 0.05) is 43.3 Å². The summed E-state index contributed by atoms with van der Waals surface area (Å²) in [6.07, 6.45) is 1.36. The fraction of sp³-hybridized carbons (Fsp3) is 0.500. The lowest BCUT2D eigenvalue weighted by Gasteiger charge is -2.32. The van der Waals surface area contributed by atoms with Crippen LogP contribution in [0.2, 0.25) is 0 Å². The van der Waals surface area contributed by atoms with E-state index in [2.05, 4.69) is 16.0 Å². The third-order valence-corrected chi connectivity index (χ3v) is 4.31. The van der Waals surface area contributed by atoms with Gasteiger partial charge >= 0.3 is 6.03 Å². The number of piperidine rings is 1. The molecule has 0 atom stereocenters. The summed E-state index contributed by atoms with van der Waals surface area (Å²) >= 11 is 0. The van der Waals surface area contributed by atoms with Gasteiger partial charge in [-0.25, -0.2) is 4.79 Å². The average molecular weight is 346 g/mol. The molecule has 0 radical (unpaired) electrons. The van der Waals surface area contributed by atoms with Crippen LogP contribution in [0.3, 0.4) is 0 Å². The fourth-order valence-electron chi connectivity index (χ4n) is 2.80. The number of urea groups is 1. The first-order chi connectivity index (χ1) is 11.9. The monoisotopic (exact) mass is 346 g/mol. The summed E-state index contributed by atoms with van der Waals surface area (Å²) in [4.78, 5) is 37.5. The van der Waals surface area contributed by atoms with Crippen LogP contribution in [-0.4, -0.2) is 42.9 Å². The van der Waals surface area contributed by atoms with Crippen LogP contribution in [0.5, 0.6) is 0 Å². The minimum Gasteiger partial charge on any atom is -0.342 e. The maximum absolute atomic E-state index is 12.4. The molecule has 2 rings (SSSR count). The molecule has 25 heavy (non-hydrogen) atoms. The van der Waals surface area contributed by atoms with E-state index in [0.717, 1.165) is 0 Å². The molecule has 1 aliphatic heterocycles. The molecule has 0 unspecified atom stereocenters. The maximum atomic E-state index is 12.4. The molecule has 0 saturated carbocycles. The van der Waals surface area contributed by atoms with Crippen LogP contribution in [0.25, 0.3) is 0 Å². The smallest absolute Gasteiger partial charge is 0.318 e. The van der Waals surface area contributed by atoms with Gasteiger partial charge in [-0.3, -0.25) is 9.59 Å². The van der Waals surface area contributed by atoms with Crippen molar-refractivity contribution >= 4 is 29.2 Å². The number of carbonyl (C=O) groups excluding carboxylic acids is 3. The van der Waals surface area contributed by atoms with E-state index < -0.39 is 0 Å². The number of rotatable bonds is 4. The molecule has 136 valence electrons. The lowest BCUT2D eigenvalue weighted by Crippen LogP contribution is -2.43. The molecule has 1 aromatic carbocycles. The maximum Gasteiger partial charge on any atom is 0.318 e. The van der Waals surface area contributed by atoms with Gasteiger partial charge in [-0.05, 0) is 37.1 Å². The Bertz CT molecular complexity index is 620. The van der Waals surface area contributed by atoms with E-state index in [1.807, 2.05) is 18.7 Å². The van der Waals surface area contributed by atoms with Crippen LogP contribution >= 0.6 is 0 Å². The summed E-state index contributed by atoms with van der Waals surface area (Å²) in [6.45, 7) is 5.04. The molecule has 0 bridgehead atoms. The van der Waals surface area contributed by atoms with Crippen molar-refractivity contribution in [3.05, 3.63) is 24.3 Å². The molecule has 4 amide bonds. The highest BCUT2D eigenvalue weighted by Crippen LogP contribution is 2.21. The lowest BCUT2D eigenvalue weighted by atomic mass is 9.95. The molecule has 1 fully saturated rings. The van der Waals surface area contributed by atoms with Gasteiger partial charge in [-0.1, -0.05) is 13.8 Å². The van der Waals surface area contributed by atoms with Gasteiger partial charge < -0.3 is 20.9 Å². The Hall–Kier alpha value is -2.57. The second-order valence-electron chi connectivity index (χ2n) is 6.52. The van der Waals surface area contributed by atoms with E-state index in [-0.39, 0.29) is 29.7 Å². The van der Waals surface area contributed by atoms with Crippen molar-refractivity contribution in [1.29, 1.82) is 0 Å². The Balaban J connectivity index is 1.84. The zero-order valence-corrected chi connectivity index (χ0v) is 15.0. The summed E-state index contributed by atoms with van der Waals surface area (Å²) in [5.74, 6) is 0.0360. The van der Waals surface area contributed by atoms with Crippen molar-refractivity contribution in [2.24, 2.45) is 11.8 Å². The molecule has 0 aliphatic carbocycles. The molecular weight excluding hydrogens is 320 g/mol. The van der Waals surface area contributed by atoms with Crippen molar-refractivity contribution in [3.8, 4) is 0 Å². The van der Waals surface area contributed by atoms with Gasteiger partial charge in [0.2, 0.25) is 11.8 Å². The number of anilines is 2. The van der Waals surface area contributed by atoms with Crippen molar-refractivity contribution in [3.63, 3.8) is 0 Å². The van der Waals surface area contributed by atoms with Crippen molar-refractivity contribution in [1.82, 2.24) is 10.2 Å². The van der Waals surface area contributed by atoms with Gasteiger partial charge in [-0.2, -0.15) is 0 Å². The highest BCUT2D eigenvalue weighted by molar-refractivity contribution is 5.93. The quantitative estimate of drug-likeness (QED) is 0.781. The van der Waals surface area contributed by atoms with Crippen LogP contribution in [0.15, 0.2) is 24.3 Å². The molecule has 7 heteroatoms. The normalized spacial score (nSPS) is 15.0. The predicted octanol–water partition coefficient (Wildman–Crippen LogP) is 2.27. The molecule has 1 aliphatic rings. The second kappa shape index (κ2) is 8.50. The van der Waals surface area contributed by atoms with Gasteiger partial charge in [0.1, 0.15) is 0 Å². The summed E-state index contributed by atoms with van der Waals surface area (Å²) in [7, 11) is 1.55. The van der Waals surface area contributed by atoms with Crippen LogP contribution < -0.4 is 16.0 Å². The number of likely N-dealkylation sites (tertiary alicyclic amines) is 1. The second-order valence-corrected chi connectivity index (χ2v) is 6.52. The molecule has 0 spiro atoms. The topological polar surface area (TPSA) is 90.5 Å². The molecular formula is C18H26N4O3. The van der Waals surface area contributed by atoms with Crippen LogP contribution in [-0.2, 0) is 9.59 Å². The van der Waals surface area contributed by atoms with Gasteiger partial charge in [0.15, 0.2) is 0 Å². The van der Waals surface area contributed by atoms with E-state index >= 15 is 0 Å². The number of hydrogen-bond acceptors (Lipinski definition) is 3.